The van der Waals surface area contributed by atoms with Gasteiger partial charge in [0.15, 0.2) is 0 Å². The van der Waals surface area contributed by atoms with Gasteiger partial charge in [0.1, 0.15) is 5.82 Å². The molecule has 0 radical (unpaired) electrons. The van der Waals surface area contributed by atoms with E-state index in [0.717, 1.165) is 37.4 Å². The van der Waals surface area contributed by atoms with E-state index in [9.17, 15) is 4.39 Å². The third-order valence-electron chi connectivity index (χ3n) is 3.91. The maximum Gasteiger partial charge on any atom is 0.123 e. The molecule has 19 heavy (non-hydrogen) atoms. The SMILES string of the molecule is CCCNCC(CC(CC)CC)c1cccc(F)c1. The summed E-state index contributed by atoms with van der Waals surface area (Å²) in [6.07, 6.45) is 4.69. The molecule has 1 N–H and O–H groups in total. The van der Waals surface area contributed by atoms with Gasteiger partial charge >= 0.3 is 0 Å². The van der Waals surface area contributed by atoms with Crippen molar-refractivity contribution in [2.45, 2.75) is 52.4 Å². The maximum atomic E-state index is 13.4. The van der Waals surface area contributed by atoms with Crippen LogP contribution in [0.25, 0.3) is 0 Å². The smallest absolute Gasteiger partial charge is 0.123 e. The van der Waals surface area contributed by atoms with Crippen molar-refractivity contribution in [1.29, 1.82) is 0 Å². The van der Waals surface area contributed by atoms with Crippen LogP contribution in [-0.2, 0) is 0 Å². The van der Waals surface area contributed by atoms with E-state index in [-0.39, 0.29) is 5.82 Å². The van der Waals surface area contributed by atoms with E-state index in [1.54, 1.807) is 6.07 Å². The van der Waals surface area contributed by atoms with Gasteiger partial charge in [-0.25, -0.2) is 4.39 Å². The molecule has 0 saturated heterocycles. The molecule has 0 fully saturated rings. The van der Waals surface area contributed by atoms with Gasteiger partial charge in [0, 0.05) is 6.54 Å². The van der Waals surface area contributed by atoms with Crippen LogP contribution in [0, 0.1) is 11.7 Å². The summed E-state index contributed by atoms with van der Waals surface area (Å²) in [5, 5.41) is 3.48. The van der Waals surface area contributed by atoms with E-state index >= 15 is 0 Å². The number of rotatable bonds is 9. The van der Waals surface area contributed by atoms with E-state index in [2.05, 4.69) is 32.2 Å². The van der Waals surface area contributed by atoms with E-state index < -0.39 is 0 Å². The summed E-state index contributed by atoms with van der Waals surface area (Å²) in [5.74, 6) is 1.03. The van der Waals surface area contributed by atoms with Gasteiger partial charge in [-0.05, 0) is 48.9 Å². The normalized spacial score (nSPS) is 12.9. The van der Waals surface area contributed by atoms with Gasteiger partial charge in [-0.3, -0.25) is 0 Å². The number of halogens is 1. The fourth-order valence-corrected chi connectivity index (χ4v) is 2.58. The number of hydrogen-bond donors (Lipinski definition) is 1. The van der Waals surface area contributed by atoms with Crippen LogP contribution >= 0.6 is 0 Å². The van der Waals surface area contributed by atoms with E-state index in [1.165, 1.54) is 18.9 Å². The van der Waals surface area contributed by atoms with Crippen molar-refractivity contribution in [3.8, 4) is 0 Å². The second-order valence-corrected chi connectivity index (χ2v) is 5.37. The first-order valence-corrected chi connectivity index (χ1v) is 7.67. The van der Waals surface area contributed by atoms with Crippen LogP contribution in [0.2, 0.25) is 0 Å². The molecule has 0 heterocycles. The zero-order valence-corrected chi connectivity index (χ0v) is 12.6. The standard InChI is InChI=1S/C17H28FN/c1-4-10-19-13-16(11-14(5-2)6-3)15-8-7-9-17(18)12-15/h7-9,12,14,16,19H,4-6,10-11,13H2,1-3H3. The molecule has 0 aliphatic carbocycles. The van der Waals surface area contributed by atoms with Crippen LogP contribution in [0.5, 0.6) is 0 Å². The lowest BCUT2D eigenvalue weighted by Crippen LogP contribution is -2.24. The number of benzene rings is 1. The summed E-state index contributed by atoms with van der Waals surface area (Å²) in [6.45, 7) is 8.65. The first-order chi connectivity index (χ1) is 9.21. The van der Waals surface area contributed by atoms with Crippen LogP contribution in [0.1, 0.15) is 57.9 Å². The molecule has 1 rings (SSSR count). The molecule has 0 amide bonds. The minimum atomic E-state index is -0.123. The molecular weight excluding hydrogens is 237 g/mol. The minimum Gasteiger partial charge on any atom is -0.316 e. The van der Waals surface area contributed by atoms with Gasteiger partial charge in [-0.1, -0.05) is 45.7 Å². The van der Waals surface area contributed by atoms with Crippen LogP contribution in [-0.4, -0.2) is 13.1 Å². The van der Waals surface area contributed by atoms with Gasteiger partial charge in [-0.2, -0.15) is 0 Å². The molecule has 0 spiro atoms. The molecule has 2 heteroatoms. The topological polar surface area (TPSA) is 12.0 Å². The Labute approximate surface area is 117 Å². The molecule has 1 unspecified atom stereocenters. The van der Waals surface area contributed by atoms with Crippen LogP contribution in [0.4, 0.5) is 4.39 Å². The molecular formula is C17H28FN. The van der Waals surface area contributed by atoms with Crippen molar-refractivity contribution >= 4 is 0 Å². The van der Waals surface area contributed by atoms with Crippen LogP contribution in [0.3, 0.4) is 0 Å². The average Bonchev–Trinajstić information content (AvgIpc) is 2.43. The fraction of sp³-hybridized carbons (Fsp3) is 0.647. The Hall–Kier alpha value is -0.890. The lowest BCUT2D eigenvalue weighted by molar-refractivity contribution is 0.397. The van der Waals surface area contributed by atoms with Gasteiger partial charge in [0.05, 0.1) is 0 Å². The molecule has 1 nitrogen and oxygen atoms in total. The largest absolute Gasteiger partial charge is 0.316 e. The molecule has 1 aromatic rings. The predicted molar refractivity (Wildman–Crippen MR) is 81.0 cm³/mol. The van der Waals surface area contributed by atoms with Crippen LogP contribution < -0.4 is 5.32 Å². The Morgan fingerprint density at radius 1 is 1.16 bits per heavy atom. The highest BCUT2D eigenvalue weighted by atomic mass is 19.1. The van der Waals surface area contributed by atoms with E-state index in [1.807, 2.05) is 6.07 Å². The molecule has 0 aliphatic heterocycles. The summed E-state index contributed by atoms with van der Waals surface area (Å²) >= 11 is 0. The van der Waals surface area contributed by atoms with Crippen molar-refractivity contribution in [3.63, 3.8) is 0 Å². The van der Waals surface area contributed by atoms with Gasteiger partial charge in [-0.15, -0.1) is 0 Å². The predicted octanol–water partition coefficient (Wildman–Crippen LogP) is 4.74. The van der Waals surface area contributed by atoms with Crippen molar-refractivity contribution in [2.24, 2.45) is 5.92 Å². The van der Waals surface area contributed by atoms with Crippen molar-refractivity contribution in [1.82, 2.24) is 5.32 Å². The lowest BCUT2D eigenvalue weighted by Gasteiger charge is -2.23. The Balaban J connectivity index is 2.73. The third kappa shape index (κ3) is 5.73. The van der Waals surface area contributed by atoms with Crippen molar-refractivity contribution in [2.75, 3.05) is 13.1 Å². The second kappa shape index (κ2) is 9.08. The summed E-state index contributed by atoms with van der Waals surface area (Å²) in [7, 11) is 0. The van der Waals surface area contributed by atoms with Crippen LogP contribution in [0.15, 0.2) is 24.3 Å². The Morgan fingerprint density at radius 3 is 2.47 bits per heavy atom. The van der Waals surface area contributed by atoms with Crippen molar-refractivity contribution in [3.05, 3.63) is 35.6 Å². The Kier molecular flexibility index (Phi) is 7.73. The quantitative estimate of drug-likeness (QED) is 0.636. The molecule has 0 saturated carbocycles. The van der Waals surface area contributed by atoms with Crippen molar-refractivity contribution < 1.29 is 4.39 Å². The maximum absolute atomic E-state index is 13.4. The summed E-state index contributed by atoms with van der Waals surface area (Å²) in [6, 6.07) is 7.10. The Morgan fingerprint density at radius 2 is 1.89 bits per heavy atom. The molecule has 1 aromatic carbocycles. The Bertz CT molecular complexity index is 347. The molecule has 0 aromatic heterocycles. The van der Waals surface area contributed by atoms with E-state index in [4.69, 9.17) is 0 Å². The summed E-state index contributed by atoms with van der Waals surface area (Å²) in [4.78, 5) is 0. The highest BCUT2D eigenvalue weighted by Gasteiger charge is 2.16. The molecule has 1 atom stereocenters. The zero-order valence-electron chi connectivity index (χ0n) is 12.6. The number of hydrogen-bond acceptors (Lipinski definition) is 1. The zero-order chi connectivity index (χ0) is 14.1. The molecule has 0 aliphatic rings. The minimum absolute atomic E-state index is 0.123. The monoisotopic (exact) mass is 265 g/mol. The summed E-state index contributed by atoms with van der Waals surface area (Å²) in [5.41, 5.74) is 1.13. The fourth-order valence-electron chi connectivity index (χ4n) is 2.58. The molecule has 108 valence electrons. The second-order valence-electron chi connectivity index (χ2n) is 5.37. The summed E-state index contributed by atoms with van der Waals surface area (Å²) < 4.78 is 13.4. The van der Waals surface area contributed by atoms with Gasteiger partial charge in [0.2, 0.25) is 0 Å². The van der Waals surface area contributed by atoms with Gasteiger partial charge in [0.25, 0.3) is 0 Å². The molecule has 0 bridgehead atoms. The first kappa shape index (κ1) is 16.2. The first-order valence-electron chi connectivity index (χ1n) is 7.67. The number of nitrogens with one attached hydrogen (secondary N) is 1. The highest BCUT2D eigenvalue weighted by molar-refractivity contribution is 5.21. The third-order valence-corrected chi connectivity index (χ3v) is 3.91. The van der Waals surface area contributed by atoms with Gasteiger partial charge < -0.3 is 5.32 Å². The average molecular weight is 265 g/mol. The lowest BCUT2D eigenvalue weighted by atomic mass is 9.86. The highest BCUT2D eigenvalue weighted by Crippen LogP contribution is 2.27. The van der Waals surface area contributed by atoms with E-state index in [0.29, 0.717) is 5.92 Å².